The van der Waals surface area contributed by atoms with E-state index in [1.165, 1.54) is 83.5 Å². The topological polar surface area (TPSA) is 85.5 Å². The van der Waals surface area contributed by atoms with Crippen molar-refractivity contribution < 1.29 is 9.90 Å². The monoisotopic (exact) mass is 411 g/mol. The number of nitrogens with zero attached hydrogens (tertiary/aromatic N) is 2. The first-order valence-electron chi connectivity index (χ1n) is 11.1. The Morgan fingerprint density at radius 3 is 1.86 bits per heavy atom. The second-order valence-electron chi connectivity index (χ2n) is 7.50. The Morgan fingerprint density at radius 2 is 1.43 bits per heavy atom. The van der Waals surface area contributed by atoms with E-state index in [9.17, 15) is 9.90 Å². The largest absolute Gasteiger partial charge is 0.480 e. The van der Waals surface area contributed by atoms with Gasteiger partial charge in [-0.15, -0.1) is 0 Å². The molecule has 0 rings (SSSR count). The summed E-state index contributed by atoms with van der Waals surface area (Å²) in [6.45, 7) is 3.87. The van der Waals surface area contributed by atoms with Gasteiger partial charge in [-0.3, -0.25) is 0 Å². The van der Waals surface area contributed by atoms with E-state index in [0.717, 1.165) is 12.2 Å². The summed E-state index contributed by atoms with van der Waals surface area (Å²) in [5.74, 6) is 0.928. The second kappa shape index (κ2) is 20.5. The van der Waals surface area contributed by atoms with Crippen LogP contribution in [0.4, 0.5) is 0 Å². The van der Waals surface area contributed by atoms with Crippen molar-refractivity contribution >= 4 is 23.6 Å². The predicted octanol–water partition coefficient (Wildman–Crippen LogP) is 6.14. The van der Waals surface area contributed by atoms with Crippen LogP contribution in [0.15, 0.2) is 4.99 Å². The Morgan fingerprint density at radius 1 is 0.964 bits per heavy atom. The number of carboxylic acids is 1. The molecular weight excluding hydrogens is 370 g/mol. The van der Waals surface area contributed by atoms with Crippen LogP contribution in [0.2, 0.25) is 0 Å². The van der Waals surface area contributed by atoms with Gasteiger partial charge in [0.15, 0.2) is 0 Å². The number of hydrogen-bond donors (Lipinski definition) is 2. The molecule has 1 atom stereocenters. The summed E-state index contributed by atoms with van der Waals surface area (Å²) in [5, 5.41) is 20.5. The molecule has 162 valence electrons. The number of carbonyl (C=O) groups is 1. The lowest BCUT2D eigenvalue weighted by Gasteiger charge is -2.14. The molecule has 28 heavy (non-hydrogen) atoms. The minimum Gasteiger partial charge on any atom is -0.480 e. The van der Waals surface area contributed by atoms with Crippen LogP contribution in [-0.4, -0.2) is 34.5 Å². The minimum absolute atomic E-state index is 0.354. The van der Waals surface area contributed by atoms with Crippen molar-refractivity contribution in [2.75, 3.05) is 11.5 Å². The van der Waals surface area contributed by atoms with Gasteiger partial charge in [0.05, 0.1) is 0 Å². The summed E-state index contributed by atoms with van der Waals surface area (Å²) >= 11 is 1.65. The van der Waals surface area contributed by atoms with Gasteiger partial charge in [0.25, 0.3) is 0 Å². The minimum atomic E-state index is -0.902. The lowest BCUT2D eigenvalue weighted by atomic mass is 10.0. The number of hydrogen-bond acceptors (Lipinski definition) is 4. The number of aliphatic imine (C=N–C) groups is 1. The lowest BCUT2D eigenvalue weighted by Crippen LogP contribution is -2.41. The molecule has 6 heteroatoms. The van der Waals surface area contributed by atoms with Crippen molar-refractivity contribution in [1.29, 1.82) is 5.26 Å². The lowest BCUT2D eigenvalue weighted by molar-refractivity contribution is -0.138. The van der Waals surface area contributed by atoms with E-state index in [2.05, 4.69) is 17.2 Å². The number of nitriles is 1. The molecule has 0 fully saturated rings. The van der Waals surface area contributed by atoms with Crippen molar-refractivity contribution in [3.8, 4) is 6.19 Å². The maximum atomic E-state index is 11.2. The van der Waals surface area contributed by atoms with Gasteiger partial charge < -0.3 is 10.4 Å². The Hall–Kier alpha value is -1.22. The molecule has 0 heterocycles. The Balaban J connectivity index is 3.41. The van der Waals surface area contributed by atoms with Gasteiger partial charge in [-0.25, -0.2) is 4.79 Å². The molecular formula is C22H41N3O2S. The van der Waals surface area contributed by atoms with Gasteiger partial charge in [0, 0.05) is 5.75 Å². The maximum Gasteiger partial charge on any atom is 0.327 e. The Labute approximate surface area is 176 Å². The standard InChI is InChI=1S/C22H41N3O2S/c1-3-4-5-6-7-8-9-10-11-12-13-14-15-16-17-28-18-21(22(26)27)25-20(2)24-19-23/h21H,3-18H2,1-2H3,(H,24,25)(H,26,27). The molecule has 0 radical (unpaired) electrons. The van der Waals surface area contributed by atoms with Crippen LogP contribution >= 0.6 is 11.8 Å². The summed E-state index contributed by atoms with van der Waals surface area (Å²) in [4.78, 5) is 14.7. The van der Waals surface area contributed by atoms with Gasteiger partial charge in [0.2, 0.25) is 6.19 Å². The quantitative estimate of drug-likeness (QED) is 0.115. The van der Waals surface area contributed by atoms with Crippen LogP contribution in [0, 0.1) is 11.5 Å². The summed E-state index contributed by atoms with van der Waals surface area (Å²) in [6, 6.07) is -0.686. The van der Waals surface area contributed by atoms with Crippen LogP contribution in [0.5, 0.6) is 0 Å². The molecule has 2 N–H and O–H groups in total. The smallest absolute Gasteiger partial charge is 0.327 e. The highest BCUT2D eigenvalue weighted by molar-refractivity contribution is 7.99. The molecule has 5 nitrogen and oxygen atoms in total. The van der Waals surface area contributed by atoms with Gasteiger partial charge in [-0.05, 0) is 19.1 Å². The van der Waals surface area contributed by atoms with Gasteiger partial charge >= 0.3 is 5.97 Å². The number of thioether (sulfide) groups is 1. The Kier molecular flexibility index (Phi) is 19.6. The number of rotatable bonds is 19. The molecule has 0 saturated heterocycles. The van der Waals surface area contributed by atoms with Gasteiger partial charge in [0.1, 0.15) is 11.9 Å². The first-order chi connectivity index (χ1) is 13.6. The van der Waals surface area contributed by atoms with Crippen molar-refractivity contribution in [2.24, 2.45) is 4.99 Å². The predicted molar refractivity (Wildman–Crippen MR) is 121 cm³/mol. The SMILES string of the molecule is CCCCCCCCCCCCCCCCSCC(NC(C)=NC#N)C(=O)O. The molecule has 0 aliphatic carbocycles. The molecule has 0 saturated carbocycles. The second-order valence-corrected chi connectivity index (χ2v) is 8.65. The van der Waals surface area contributed by atoms with E-state index in [4.69, 9.17) is 5.26 Å². The highest BCUT2D eigenvalue weighted by Gasteiger charge is 2.17. The van der Waals surface area contributed by atoms with Crippen LogP contribution in [0.3, 0.4) is 0 Å². The van der Waals surface area contributed by atoms with Crippen molar-refractivity contribution in [1.82, 2.24) is 5.32 Å². The number of unbranched alkanes of at least 4 members (excludes halogenated alkanes) is 13. The third-order valence-corrected chi connectivity index (χ3v) is 5.97. The first-order valence-corrected chi connectivity index (χ1v) is 12.3. The van der Waals surface area contributed by atoms with Crippen LogP contribution < -0.4 is 5.32 Å². The third kappa shape index (κ3) is 18.2. The van der Waals surface area contributed by atoms with E-state index in [1.807, 2.05) is 0 Å². The number of aliphatic carboxylic acids is 1. The van der Waals surface area contributed by atoms with Crippen LogP contribution in [-0.2, 0) is 4.79 Å². The van der Waals surface area contributed by atoms with E-state index < -0.39 is 12.0 Å². The average Bonchev–Trinajstić information content (AvgIpc) is 2.66. The fraction of sp³-hybridized carbons (Fsp3) is 0.864. The van der Waals surface area contributed by atoms with E-state index >= 15 is 0 Å². The van der Waals surface area contributed by atoms with E-state index in [-0.39, 0.29) is 0 Å². The number of carboxylic acid groups (broad SMARTS) is 1. The molecule has 0 aliphatic heterocycles. The molecule has 0 amide bonds. The molecule has 1 unspecified atom stereocenters. The highest BCUT2D eigenvalue weighted by atomic mass is 32.2. The third-order valence-electron chi connectivity index (χ3n) is 4.83. The molecule has 0 aliphatic rings. The van der Waals surface area contributed by atoms with Crippen molar-refractivity contribution in [3.63, 3.8) is 0 Å². The molecule has 0 aromatic rings. The van der Waals surface area contributed by atoms with Crippen molar-refractivity contribution in [2.45, 2.75) is 110 Å². The summed E-state index contributed by atoms with van der Waals surface area (Å²) in [6.07, 6.45) is 20.5. The van der Waals surface area contributed by atoms with Crippen LogP contribution in [0.1, 0.15) is 104 Å². The summed E-state index contributed by atoms with van der Waals surface area (Å²) < 4.78 is 0. The fourth-order valence-electron chi connectivity index (χ4n) is 3.13. The normalized spacial score (nSPS) is 12.5. The van der Waals surface area contributed by atoms with Gasteiger partial charge in [-0.1, -0.05) is 90.4 Å². The highest BCUT2D eigenvalue weighted by Crippen LogP contribution is 2.14. The zero-order valence-corrected chi connectivity index (χ0v) is 18.9. The first kappa shape index (κ1) is 26.8. The van der Waals surface area contributed by atoms with E-state index in [1.54, 1.807) is 24.9 Å². The molecule has 0 aromatic heterocycles. The Bertz CT molecular complexity index is 450. The van der Waals surface area contributed by atoms with Crippen molar-refractivity contribution in [3.05, 3.63) is 0 Å². The zero-order chi connectivity index (χ0) is 20.9. The number of nitrogens with one attached hydrogen (secondary N) is 1. The maximum absolute atomic E-state index is 11.2. The number of amidine groups is 1. The fourth-order valence-corrected chi connectivity index (χ4v) is 4.17. The average molecular weight is 412 g/mol. The summed E-state index contributed by atoms with van der Waals surface area (Å²) in [5.41, 5.74) is 0. The zero-order valence-electron chi connectivity index (χ0n) is 18.0. The molecule has 0 bridgehead atoms. The molecule has 0 spiro atoms. The molecule has 0 aromatic carbocycles. The summed E-state index contributed by atoms with van der Waals surface area (Å²) in [7, 11) is 0. The van der Waals surface area contributed by atoms with Gasteiger partial charge in [-0.2, -0.15) is 22.0 Å². The van der Waals surface area contributed by atoms with E-state index in [0.29, 0.717) is 11.6 Å². The van der Waals surface area contributed by atoms with Crippen LogP contribution in [0.25, 0.3) is 0 Å².